The summed E-state index contributed by atoms with van der Waals surface area (Å²) < 4.78 is 0. The molecule has 0 spiro atoms. The second-order valence-electron chi connectivity index (χ2n) is 5.12. The van der Waals surface area contributed by atoms with Crippen LogP contribution in [-0.4, -0.2) is 28.8 Å². The van der Waals surface area contributed by atoms with Gasteiger partial charge in [-0.15, -0.1) is 0 Å². The number of nitrogens with zero attached hydrogens (tertiary/aromatic N) is 4. The van der Waals surface area contributed by atoms with Gasteiger partial charge in [-0.1, -0.05) is 28.3 Å². The standard InChI is InChI=1S/C13H10Cl2N4O2/c14-10-4-8-9(5-11(10)15)13(21)19(12(8)20)7-2-1-6(3-7)17-18-16/h4-7H,1-3H2/t6-,7-/m0/s1. The van der Waals surface area contributed by atoms with Gasteiger partial charge in [0.25, 0.3) is 11.8 Å². The first-order valence-electron chi connectivity index (χ1n) is 6.44. The minimum atomic E-state index is -0.361. The number of amides is 2. The van der Waals surface area contributed by atoms with Crippen molar-refractivity contribution in [3.05, 3.63) is 43.7 Å². The lowest BCUT2D eigenvalue weighted by Crippen LogP contribution is -2.38. The molecule has 1 aliphatic heterocycles. The Kier molecular flexibility index (Phi) is 3.53. The third kappa shape index (κ3) is 2.25. The van der Waals surface area contributed by atoms with E-state index in [0.29, 0.717) is 19.3 Å². The molecule has 0 aromatic heterocycles. The van der Waals surface area contributed by atoms with Gasteiger partial charge in [-0.2, -0.15) is 0 Å². The lowest BCUT2D eigenvalue weighted by atomic mass is 10.1. The lowest BCUT2D eigenvalue weighted by Gasteiger charge is -2.21. The van der Waals surface area contributed by atoms with Gasteiger partial charge in [0.1, 0.15) is 0 Å². The summed E-state index contributed by atoms with van der Waals surface area (Å²) in [5.74, 6) is -0.722. The van der Waals surface area contributed by atoms with Crippen molar-refractivity contribution in [1.82, 2.24) is 4.90 Å². The molecule has 0 bridgehead atoms. The van der Waals surface area contributed by atoms with Crippen molar-refractivity contribution in [1.29, 1.82) is 0 Å². The van der Waals surface area contributed by atoms with Gasteiger partial charge in [0.05, 0.1) is 21.2 Å². The molecule has 21 heavy (non-hydrogen) atoms. The summed E-state index contributed by atoms with van der Waals surface area (Å²) in [6.07, 6.45) is 1.80. The van der Waals surface area contributed by atoms with Crippen LogP contribution >= 0.6 is 23.2 Å². The van der Waals surface area contributed by atoms with Crippen LogP contribution in [0.25, 0.3) is 10.4 Å². The highest BCUT2D eigenvalue weighted by atomic mass is 35.5. The van der Waals surface area contributed by atoms with Gasteiger partial charge >= 0.3 is 0 Å². The molecule has 2 aliphatic rings. The monoisotopic (exact) mass is 324 g/mol. The highest BCUT2D eigenvalue weighted by Gasteiger charge is 2.42. The first kappa shape index (κ1) is 14.2. The smallest absolute Gasteiger partial charge is 0.261 e. The van der Waals surface area contributed by atoms with Crippen LogP contribution in [0.3, 0.4) is 0 Å². The van der Waals surface area contributed by atoms with Gasteiger partial charge in [-0.3, -0.25) is 14.5 Å². The molecular weight excluding hydrogens is 315 g/mol. The number of hydrogen-bond acceptors (Lipinski definition) is 3. The predicted molar refractivity (Wildman–Crippen MR) is 77.5 cm³/mol. The lowest BCUT2D eigenvalue weighted by molar-refractivity contribution is 0.0587. The summed E-state index contributed by atoms with van der Waals surface area (Å²) in [6, 6.07) is 2.44. The molecule has 3 rings (SSSR count). The maximum absolute atomic E-state index is 12.4. The average Bonchev–Trinajstić information content (AvgIpc) is 2.97. The van der Waals surface area contributed by atoms with E-state index in [4.69, 9.17) is 28.7 Å². The van der Waals surface area contributed by atoms with Gasteiger partial charge in [-0.05, 0) is 36.9 Å². The number of hydrogen-bond donors (Lipinski definition) is 0. The van der Waals surface area contributed by atoms with Crippen LogP contribution in [0.5, 0.6) is 0 Å². The quantitative estimate of drug-likeness (QED) is 0.358. The van der Waals surface area contributed by atoms with E-state index in [0.717, 1.165) is 0 Å². The minimum absolute atomic E-state index is 0.170. The number of carbonyl (C=O) groups excluding carboxylic acids is 2. The molecule has 6 nitrogen and oxygen atoms in total. The SMILES string of the molecule is [N-]=[N+]=N[C@H]1CC[C@H](N2C(=O)c3cc(Cl)c(Cl)cc3C2=O)C1. The van der Waals surface area contributed by atoms with E-state index in [1.54, 1.807) is 0 Å². The first-order chi connectivity index (χ1) is 10.0. The molecule has 1 fully saturated rings. The maximum atomic E-state index is 12.4. The van der Waals surface area contributed by atoms with Gasteiger partial charge in [-0.25, -0.2) is 0 Å². The van der Waals surface area contributed by atoms with E-state index in [1.165, 1.54) is 17.0 Å². The summed E-state index contributed by atoms with van der Waals surface area (Å²) >= 11 is 11.8. The zero-order valence-corrected chi connectivity index (χ0v) is 12.3. The fourth-order valence-corrected chi connectivity index (χ4v) is 3.26. The average molecular weight is 325 g/mol. The number of benzene rings is 1. The molecule has 1 aromatic rings. The molecule has 2 amide bonds. The third-order valence-electron chi connectivity index (χ3n) is 3.92. The van der Waals surface area contributed by atoms with Gasteiger partial charge in [0, 0.05) is 17.0 Å². The second-order valence-corrected chi connectivity index (χ2v) is 5.93. The zero-order valence-electron chi connectivity index (χ0n) is 10.8. The van der Waals surface area contributed by atoms with Gasteiger partial charge < -0.3 is 0 Å². The molecule has 1 aliphatic carbocycles. The summed E-state index contributed by atoms with van der Waals surface area (Å²) in [5, 5.41) is 4.16. The Morgan fingerprint density at radius 3 is 2.24 bits per heavy atom. The molecule has 2 atom stereocenters. The Morgan fingerprint density at radius 2 is 1.71 bits per heavy atom. The number of carbonyl (C=O) groups is 2. The van der Waals surface area contributed by atoms with E-state index in [2.05, 4.69) is 10.0 Å². The zero-order chi connectivity index (χ0) is 15.1. The normalized spacial score (nSPS) is 24.2. The molecule has 1 saturated carbocycles. The Hall–Kier alpha value is -1.75. The van der Waals surface area contributed by atoms with Gasteiger partial charge in [0.15, 0.2) is 0 Å². The van der Waals surface area contributed by atoms with Crippen molar-refractivity contribution in [2.24, 2.45) is 5.11 Å². The number of halogens is 2. The number of imide groups is 1. The Balaban J connectivity index is 1.92. The van der Waals surface area contributed by atoms with E-state index >= 15 is 0 Å². The van der Waals surface area contributed by atoms with Crippen LogP contribution in [0.15, 0.2) is 17.2 Å². The molecule has 0 radical (unpaired) electrons. The topological polar surface area (TPSA) is 86.1 Å². The van der Waals surface area contributed by atoms with Crippen LogP contribution in [0.1, 0.15) is 40.0 Å². The number of fused-ring (bicyclic) bond motifs is 1. The van der Waals surface area contributed by atoms with Crippen molar-refractivity contribution in [2.45, 2.75) is 31.3 Å². The Bertz CT molecular complexity index is 659. The molecule has 1 aromatic carbocycles. The fourth-order valence-electron chi connectivity index (χ4n) is 2.93. The van der Waals surface area contributed by atoms with Crippen molar-refractivity contribution < 1.29 is 9.59 Å². The van der Waals surface area contributed by atoms with E-state index in [-0.39, 0.29) is 45.1 Å². The summed E-state index contributed by atoms with van der Waals surface area (Å²) in [4.78, 5) is 28.9. The Morgan fingerprint density at radius 1 is 1.14 bits per heavy atom. The second kappa shape index (κ2) is 5.22. The van der Waals surface area contributed by atoms with E-state index < -0.39 is 0 Å². The van der Waals surface area contributed by atoms with Gasteiger partial charge in [0.2, 0.25) is 0 Å². The van der Waals surface area contributed by atoms with Crippen molar-refractivity contribution in [3.8, 4) is 0 Å². The van der Waals surface area contributed by atoms with Crippen molar-refractivity contribution >= 4 is 35.0 Å². The van der Waals surface area contributed by atoms with Crippen molar-refractivity contribution in [2.75, 3.05) is 0 Å². The third-order valence-corrected chi connectivity index (χ3v) is 4.64. The molecule has 0 saturated heterocycles. The summed E-state index contributed by atoms with van der Waals surface area (Å²) in [7, 11) is 0. The first-order valence-corrected chi connectivity index (χ1v) is 7.19. The van der Waals surface area contributed by atoms with Crippen LogP contribution < -0.4 is 0 Å². The number of azide groups is 1. The summed E-state index contributed by atoms with van der Waals surface area (Å²) in [6.45, 7) is 0. The van der Waals surface area contributed by atoms with Crippen LogP contribution in [-0.2, 0) is 0 Å². The van der Waals surface area contributed by atoms with Crippen molar-refractivity contribution in [3.63, 3.8) is 0 Å². The summed E-state index contributed by atoms with van der Waals surface area (Å²) in [5.41, 5.74) is 9.03. The van der Waals surface area contributed by atoms with E-state index in [1.807, 2.05) is 0 Å². The maximum Gasteiger partial charge on any atom is 0.261 e. The predicted octanol–water partition coefficient (Wildman–Crippen LogP) is 3.82. The van der Waals surface area contributed by atoms with Crippen LogP contribution in [0.4, 0.5) is 0 Å². The number of rotatable bonds is 2. The molecule has 0 N–H and O–H groups in total. The largest absolute Gasteiger partial charge is 0.271 e. The molecule has 0 unspecified atom stereocenters. The fraction of sp³-hybridized carbons (Fsp3) is 0.385. The molecule has 108 valence electrons. The van der Waals surface area contributed by atoms with Crippen LogP contribution in [0.2, 0.25) is 10.0 Å². The van der Waals surface area contributed by atoms with Crippen LogP contribution in [0, 0.1) is 0 Å². The minimum Gasteiger partial charge on any atom is -0.271 e. The van der Waals surface area contributed by atoms with E-state index in [9.17, 15) is 9.59 Å². The highest BCUT2D eigenvalue weighted by molar-refractivity contribution is 6.43. The molecule has 8 heteroatoms. The Labute approximate surface area is 130 Å². The molecule has 1 heterocycles. The highest BCUT2D eigenvalue weighted by Crippen LogP contribution is 2.36. The molecular formula is C13H10Cl2N4O2.